The van der Waals surface area contributed by atoms with Gasteiger partial charge in [0.25, 0.3) is 0 Å². The number of hydrogen-bond acceptors (Lipinski definition) is 3. The van der Waals surface area contributed by atoms with E-state index in [1.807, 2.05) is 35.6 Å². The van der Waals surface area contributed by atoms with Gasteiger partial charge in [-0.15, -0.1) is 11.3 Å². The average Bonchev–Trinajstić information content (AvgIpc) is 3.94. The van der Waals surface area contributed by atoms with E-state index in [1.54, 1.807) is 0 Å². The van der Waals surface area contributed by atoms with Crippen LogP contribution >= 0.6 is 11.3 Å². The molecule has 8 aromatic carbocycles. The smallest absolute Gasteiger partial charge is 0.160 e. The third-order valence-electron chi connectivity index (χ3n) is 11.6. The molecule has 272 valence electrons. The summed E-state index contributed by atoms with van der Waals surface area (Å²) in [4.78, 5) is 10.3. The zero-order chi connectivity index (χ0) is 38.2. The van der Waals surface area contributed by atoms with Crippen LogP contribution in [-0.2, 0) is 6.54 Å². The van der Waals surface area contributed by atoms with Crippen molar-refractivity contribution in [3.8, 4) is 39.6 Å². The maximum absolute atomic E-state index is 5.20. The molecule has 4 nitrogen and oxygen atoms in total. The SMILES string of the molecule is c1ccc(-c2cc(-c3cccc4c3sc3cc(Cn5c6ccccc6c6ccc7c8ccccc8n(-c8ccccc8)c7c65)ccc34)nc(-c3ccccc3)n2)cc1. The first-order valence-electron chi connectivity index (χ1n) is 19.7. The molecule has 0 atom stereocenters. The molecule has 0 bridgehead atoms. The van der Waals surface area contributed by atoms with Crippen LogP contribution in [0.2, 0.25) is 0 Å². The van der Waals surface area contributed by atoms with E-state index in [9.17, 15) is 0 Å². The van der Waals surface area contributed by atoms with Gasteiger partial charge in [0.05, 0.1) is 27.9 Å². The maximum atomic E-state index is 5.20. The molecule has 0 aliphatic rings. The zero-order valence-corrected chi connectivity index (χ0v) is 32.2. The largest absolute Gasteiger partial charge is 0.334 e. The molecule has 58 heavy (non-hydrogen) atoms. The van der Waals surface area contributed by atoms with Crippen molar-refractivity contribution in [2.24, 2.45) is 0 Å². The third-order valence-corrected chi connectivity index (χ3v) is 12.8. The molecular formula is C53H34N4S. The fourth-order valence-electron chi connectivity index (χ4n) is 8.98. The van der Waals surface area contributed by atoms with Crippen molar-refractivity contribution in [3.05, 3.63) is 200 Å². The van der Waals surface area contributed by atoms with Crippen LogP contribution in [0.1, 0.15) is 5.56 Å². The Labute approximate surface area is 338 Å². The van der Waals surface area contributed by atoms with Crippen LogP contribution in [-0.4, -0.2) is 19.1 Å². The van der Waals surface area contributed by atoms with E-state index in [2.05, 4.69) is 179 Å². The Morgan fingerprint density at radius 2 is 1.03 bits per heavy atom. The standard InChI is InChI=1S/C53H34N4S/c1-4-15-35(16-5-1)45-32-46(55-53(54-45)36-17-6-2-7-18-36)44-24-14-23-43-40-28-27-34(31-49(40)58-52(43)44)33-56-47-25-12-10-21-38(47)41-29-30-42-39-22-11-13-26-48(39)57(51(42)50(41)56)37-19-8-3-9-20-37/h1-32H,33H2. The first-order chi connectivity index (χ1) is 28.8. The van der Waals surface area contributed by atoms with E-state index in [-0.39, 0.29) is 0 Å². The van der Waals surface area contributed by atoms with E-state index in [4.69, 9.17) is 9.97 Å². The van der Waals surface area contributed by atoms with Gasteiger partial charge in [-0.2, -0.15) is 0 Å². The Kier molecular flexibility index (Phi) is 7.43. The van der Waals surface area contributed by atoms with Crippen molar-refractivity contribution in [1.82, 2.24) is 19.1 Å². The van der Waals surface area contributed by atoms with Gasteiger partial charge >= 0.3 is 0 Å². The lowest BCUT2D eigenvalue weighted by Crippen LogP contribution is -2.01. The molecule has 4 aromatic heterocycles. The highest BCUT2D eigenvalue weighted by molar-refractivity contribution is 7.26. The number of hydrogen-bond donors (Lipinski definition) is 0. The minimum absolute atomic E-state index is 0.726. The lowest BCUT2D eigenvalue weighted by atomic mass is 10.0. The molecule has 12 rings (SSSR count). The number of benzene rings is 8. The van der Waals surface area contributed by atoms with E-state index in [0.29, 0.717) is 0 Å². The molecule has 0 saturated carbocycles. The first-order valence-corrected chi connectivity index (χ1v) is 20.5. The highest BCUT2D eigenvalue weighted by Gasteiger charge is 2.21. The van der Waals surface area contributed by atoms with Crippen molar-refractivity contribution >= 4 is 75.1 Å². The van der Waals surface area contributed by atoms with E-state index in [1.165, 1.54) is 69.3 Å². The second-order valence-electron chi connectivity index (χ2n) is 15.0. The second-order valence-corrected chi connectivity index (χ2v) is 16.0. The summed E-state index contributed by atoms with van der Waals surface area (Å²) in [7, 11) is 0. The molecule has 0 N–H and O–H groups in total. The van der Waals surface area contributed by atoms with Gasteiger partial charge in [0.2, 0.25) is 0 Å². The van der Waals surface area contributed by atoms with Crippen LogP contribution in [0.15, 0.2) is 194 Å². The highest BCUT2D eigenvalue weighted by Crippen LogP contribution is 2.43. The Bertz CT molecular complexity index is 3470. The molecule has 5 heteroatoms. The summed E-state index contributed by atoms with van der Waals surface area (Å²) >= 11 is 1.85. The summed E-state index contributed by atoms with van der Waals surface area (Å²) < 4.78 is 7.50. The van der Waals surface area contributed by atoms with Gasteiger partial charge in [0, 0.05) is 76.2 Å². The number of nitrogens with zero attached hydrogens (tertiary/aromatic N) is 4. The molecule has 0 aliphatic heterocycles. The van der Waals surface area contributed by atoms with E-state index < -0.39 is 0 Å². The maximum Gasteiger partial charge on any atom is 0.160 e. The lowest BCUT2D eigenvalue weighted by Gasteiger charge is -2.12. The third kappa shape index (κ3) is 5.14. The number of rotatable bonds is 6. The average molecular weight is 759 g/mol. The fraction of sp³-hybridized carbons (Fsp3) is 0.0189. The zero-order valence-electron chi connectivity index (χ0n) is 31.4. The van der Waals surface area contributed by atoms with Gasteiger partial charge in [0.15, 0.2) is 5.82 Å². The minimum Gasteiger partial charge on any atom is -0.334 e. The van der Waals surface area contributed by atoms with Gasteiger partial charge in [-0.05, 0) is 42.0 Å². The summed E-state index contributed by atoms with van der Waals surface area (Å²) in [6, 6.07) is 69.6. The molecule has 0 radical (unpaired) electrons. The number of aromatic nitrogens is 4. The van der Waals surface area contributed by atoms with Gasteiger partial charge in [-0.3, -0.25) is 0 Å². The van der Waals surface area contributed by atoms with Crippen molar-refractivity contribution in [1.29, 1.82) is 0 Å². The van der Waals surface area contributed by atoms with Crippen molar-refractivity contribution < 1.29 is 0 Å². The van der Waals surface area contributed by atoms with E-state index in [0.717, 1.165) is 46.1 Å². The Hall–Kier alpha value is -7.34. The lowest BCUT2D eigenvalue weighted by molar-refractivity contribution is 0.871. The van der Waals surface area contributed by atoms with Gasteiger partial charge < -0.3 is 9.13 Å². The topological polar surface area (TPSA) is 35.6 Å². The Balaban J connectivity index is 1.04. The van der Waals surface area contributed by atoms with E-state index >= 15 is 0 Å². The van der Waals surface area contributed by atoms with Crippen LogP contribution in [0.3, 0.4) is 0 Å². The predicted molar refractivity (Wildman–Crippen MR) is 244 cm³/mol. The normalized spacial score (nSPS) is 11.9. The first kappa shape index (κ1) is 32.9. The quantitative estimate of drug-likeness (QED) is 0.169. The summed E-state index contributed by atoms with van der Waals surface area (Å²) in [5.74, 6) is 0.726. The summed E-state index contributed by atoms with van der Waals surface area (Å²) in [5.41, 5.74) is 12.4. The van der Waals surface area contributed by atoms with Gasteiger partial charge in [0.1, 0.15) is 0 Å². The molecule has 0 saturated heterocycles. The van der Waals surface area contributed by atoms with Crippen LogP contribution < -0.4 is 0 Å². The summed E-state index contributed by atoms with van der Waals surface area (Å²) in [5, 5.41) is 7.57. The molecule has 0 fully saturated rings. The predicted octanol–water partition coefficient (Wildman–Crippen LogP) is 14.1. The van der Waals surface area contributed by atoms with Gasteiger partial charge in [-0.25, -0.2) is 9.97 Å². The molecular weight excluding hydrogens is 725 g/mol. The summed E-state index contributed by atoms with van der Waals surface area (Å²) in [6.45, 7) is 0.739. The van der Waals surface area contributed by atoms with Crippen LogP contribution in [0.4, 0.5) is 0 Å². The molecule has 0 spiro atoms. The molecule has 0 amide bonds. The number of thiophene rings is 1. The molecule has 12 aromatic rings. The van der Waals surface area contributed by atoms with Crippen molar-refractivity contribution in [3.63, 3.8) is 0 Å². The monoisotopic (exact) mass is 758 g/mol. The van der Waals surface area contributed by atoms with Gasteiger partial charge in [-0.1, -0.05) is 158 Å². The second kappa shape index (κ2) is 13.1. The highest BCUT2D eigenvalue weighted by atomic mass is 32.1. The Morgan fingerprint density at radius 3 is 1.81 bits per heavy atom. The fourth-order valence-corrected chi connectivity index (χ4v) is 10.3. The minimum atomic E-state index is 0.726. The molecule has 0 aliphatic carbocycles. The van der Waals surface area contributed by atoms with Crippen LogP contribution in [0.5, 0.6) is 0 Å². The molecule has 0 unspecified atom stereocenters. The van der Waals surface area contributed by atoms with Crippen molar-refractivity contribution in [2.45, 2.75) is 6.54 Å². The van der Waals surface area contributed by atoms with Crippen LogP contribution in [0, 0.1) is 0 Å². The van der Waals surface area contributed by atoms with Crippen molar-refractivity contribution in [2.75, 3.05) is 0 Å². The summed E-state index contributed by atoms with van der Waals surface area (Å²) in [6.07, 6.45) is 0. The molecule has 4 heterocycles. The number of para-hydroxylation sites is 3. The number of fused-ring (bicyclic) bond motifs is 10. The Morgan fingerprint density at radius 1 is 0.431 bits per heavy atom. The van der Waals surface area contributed by atoms with Crippen LogP contribution in [0.25, 0.3) is 103 Å².